The van der Waals surface area contributed by atoms with Crippen molar-refractivity contribution in [2.24, 2.45) is 0 Å². The van der Waals surface area contributed by atoms with Gasteiger partial charge in [-0.1, -0.05) is 23.7 Å². The zero-order valence-electron chi connectivity index (χ0n) is 21.3. The van der Waals surface area contributed by atoms with E-state index in [1.807, 2.05) is 25.1 Å². The normalized spacial score (nSPS) is 13.6. The van der Waals surface area contributed by atoms with Crippen LogP contribution in [0.3, 0.4) is 0 Å². The molecule has 11 heteroatoms. The fourth-order valence-corrected chi connectivity index (χ4v) is 4.18. The Kier molecular flexibility index (Phi) is 8.14. The molecule has 2 aromatic carbocycles. The summed E-state index contributed by atoms with van der Waals surface area (Å²) in [6.07, 6.45) is 2.94. The highest BCUT2D eigenvalue weighted by molar-refractivity contribution is 6.30. The van der Waals surface area contributed by atoms with Gasteiger partial charge in [-0.25, -0.2) is 0 Å². The Hall–Kier alpha value is -4.28. The molecular formula is C28H27ClN6O4. The van der Waals surface area contributed by atoms with Crippen molar-refractivity contribution in [1.82, 2.24) is 25.1 Å². The average molecular weight is 547 g/mol. The molecule has 0 saturated carbocycles. The van der Waals surface area contributed by atoms with Crippen LogP contribution in [0.15, 0.2) is 71.7 Å². The summed E-state index contributed by atoms with van der Waals surface area (Å²) in [6.45, 7) is 3.37. The molecule has 10 nitrogen and oxygen atoms in total. The third-order valence-electron chi connectivity index (χ3n) is 6.17. The van der Waals surface area contributed by atoms with Crippen LogP contribution in [0.2, 0.25) is 5.02 Å². The second-order valence-electron chi connectivity index (χ2n) is 9.16. The van der Waals surface area contributed by atoms with Gasteiger partial charge >= 0.3 is 0 Å². The first-order valence-electron chi connectivity index (χ1n) is 12.5. The Morgan fingerprint density at radius 3 is 2.49 bits per heavy atom. The smallest absolute Gasteiger partial charge is 0.287 e. The number of rotatable bonds is 8. The Labute approximate surface area is 230 Å². The third kappa shape index (κ3) is 6.98. The summed E-state index contributed by atoms with van der Waals surface area (Å²) in [5.74, 6) is 0.798. The number of hydrogen-bond donors (Lipinski definition) is 2. The molecule has 0 bridgehead atoms. The molecule has 1 fully saturated rings. The minimum atomic E-state index is -0.618. The minimum Gasteiger partial charge on any atom is -0.438 e. The summed E-state index contributed by atoms with van der Waals surface area (Å²) >= 11 is 6.05. The lowest BCUT2D eigenvalue weighted by Gasteiger charge is -2.23. The standard InChI is InChI=1S/C28H27ClN6O4/c1-18-2-11-25(34-33-18)39-23-9-7-21(8-10-23)31-28-32-27(37)24(26(36)30-22-12-14-38-15-13-22)17-35(28)16-19-3-5-20(29)6-4-19/h2-11,17,22H,12-16H2,1H3,(H,30,36)(H,31,32,37). The van der Waals surface area contributed by atoms with E-state index in [9.17, 15) is 9.59 Å². The fraction of sp³-hybridized carbons (Fsp3) is 0.250. The van der Waals surface area contributed by atoms with Crippen LogP contribution in [0.1, 0.15) is 34.5 Å². The maximum absolute atomic E-state index is 13.0. The zero-order valence-corrected chi connectivity index (χ0v) is 22.0. The summed E-state index contributed by atoms with van der Waals surface area (Å²) in [7, 11) is 0. The summed E-state index contributed by atoms with van der Waals surface area (Å²) < 4.78 is 12.8. The number of anilines is 2. The summed E-state index contributed by atoms with van der Waals surface area (Å²) in [5.41, 5.74) is 1.75. The van der Waals surface area contributed by atoms with E-state index in [1.165, 1.54) is 6.20 Å². The Balaban J connectivity index is 1.38. The van der Waals surface area contributed by atoms with Gasteiger partial charge in [-0.05, 0) is 67.8 Å². The number of hydrogen-bond acceptors (Lipinski definition) is 8. The van der Waals surface area contributed by atoms with Crippen molar-refractivity contribution in [2.45, 2.75) is 32.4 Å². The molecule has 2 aromatic heterocycles. The van der Waals surface area contributed by atoms with Crippen molar-refractivity contribution >= 4 is 29.1 Å². The summed E-state index contributed by atoms with van der Waals surface area (Å²) in [5, 5.41) is 14.7. The monoisotopic (exact) mass is 546 g/mol. The maximum atomic E-state index is 13.0. The Morgan fingerprint density at radius 1 is 1.05 bits per heavy atom. The van der Waals surface area contributed by atoms with E-state index in [0.29, 0.717) is 54.9 Å². The first kappa shape index (κ1) is 26.3. The first-order valence-corrected chi connectivity index (χ1v) is 12.9. The molecule has 2 N–H and O–H groups in total. The van der Waals surface area contributed by atoms with Gasteiger partial charge < -0.3 is 24.7 Å². The third-order valence-corrected chi connectivity index (χ3v) is 6.42. The van der Waals surface area contributed by atoms with Gasteiger partial charge in [0.15, 0.2) is 0 Å². The number of amides is 1. The molecule has 1 amide bonds. The van der Waals surface area contributed by atoms with Crippen LogP contribution < -0.4 is 20.9 Å². The van der Waals surface area contributed by atoms with Crippen molar-refractivity contribution < 1.29 is 14.3 Å². The van der Waals surface area contributed by atoms with Gasteiger partial charge in [0.1, 0.15) is 11.3 Å². The number of ether oxygens (including phenoxy) is 2. The van der Waals surface area contributed by atoms with Gasteiger partial charge in [0, 0.05) is 42.2 Å². The number of nitrogens with one attached hydrogen (secondary N) is 2. The molecule has 0 radical (unpaired) electrons. The SMILES string of the molecule is Cc1ccc(Oc2ccc(Nc3nc(=O)c(C(=O)NC4CCOCC4)cn3Cc3ccc(Cl)cc3)cc2)nn1. The summed E-state index contributed by atoms with van der Waals surface area (Å²) in [4.78, 5) is 30.2. The van der Waals surface area contributed by atoms with Gasteiger partial charge in [-0.3, -0.25) is 9.59 Å². The molecule has 0 spiro atoms. The minimum absolute atomic E-state index is 0.0241. The lowest BCUT2D eigenvalue weighted by molar-refractivity contribution is 0.0695. The number of carbonyl (C=O) groups is 1. The molecule has 1 aliphatic heterocycles. The van der Waals surface area contributed by atoms with Crippen LogP contribution in [-0.4, -0.2) is 44.9 Å². The van der Waals surface area contributed by atoms with Crippen LogP contribution in [0.5, 0.6) is 11.6 Å². The molecule has 0 atom stereocenters. The molecule has 200 valence electrons. The van der Waals surface area contributed by atoms with Gasteiger partial charge in [0.05, 0.1) is 12.2 Å². The number of halogens is 1. The number of benzene rings is 2. The topological polar surface area (TPSA) is 120 Å². The quantitative estimate of drug-likeness (QED) is 0.332. The van der Waals surface area contributed by atoms with Crippen molar-refractivity contribution in [3.05, 3.63) is 99.1 Å². The predicted molar refractivity (Wildman–Crippen MR) is 147 cm³/mol. The zero-order chi connectivity index (χ0) is 27.2. The van der Waals surface area contributed by atoms with E-state index in [2.05, 4.69) is 25.8 Å². The van der Waals surface area contributed by atoms with Gasteiger partial charge in [0.2, 0.25) is 11.8 Å². The molecule has 0 unspecified atom stereocenters. The van der Waals surface area contributed by atoms with Crippen molar-refractivity contribution in [2.75, 3.05) is 18.5 Å². The molecule has 1 aliphatic rings. The fourth-order valence-electron chi connectivity index (χ4n) is 4.06. The molecule has 4 aromatic rings. The first-order chi connectivity index (χ1) is 18.9. The molecule has 39 heavy (non-hydrogen) atoms. The van der Waals surface area contributed by atoms with E-state index < -0.39 is 11.5 Å². The molecule has 3 heterocycles. The van der Waals surface area contributed by atoms with Crippen LogP contribution in [0.25, 0.3) is 0 Å². The van der Waals surface area contributed by atoms with Crippen LogP contribution in [0.4, 0.5) is 11.6 Å². The lowest BCUT2D eigenvalue weighted by Crippen LogP contribution is -2.41. The van der Waals surface area contributed by atoms with Crippen molar-refractivity contribution in [3.8, 4) is 11.6 Å². The van der Waals surface area contributed by atoms with Crippen LogP contribution >= 0.6 is 11.6 Å². The van der Waals surface area contributed by atoms with E-state index in [1.54, 1.807) is 47.0 Å². The number of carbonyl (C=O) groups excluding carboxylic acids is 1. The van der Waals surface area contributed by atoms with E-state index in [-0.39, 0.29) is 17.6 Å². The maximum Gasteiger partial charge on any atom is 0.287 e. The lowest BCUT2D eigenvalue weighted by atomic mass is 10.1. The van der Waals surface area contributed by atoms with Gasteiger partial charge in [0.25, 0.3) is 11.5 Å². The van der Waals surface area contributed by atoms with E-state index >= 15 is 0 Å². The second kappa shape index (κ2) is 12.1. The number of aromatic nitrogens is 4. The Morgan fingerprint density at radius 2 is 1.79 bits per heavy atom. The highest BCUT2D eigenvalue weighted by Crippen LogP contribution is 2.23. The van der Waals surface area contributed by atoms with E-state index in [4.69, 9.17) is 21.1 Å². The largest absolute Gasteiger partial charge is 0.438 e. The summed E-state index contributed by atoms with van der Waals surface area (Å²) in [6, 6.07) is 18.0. The van der Waals surface area contributed by atoms with E-state index in [0.717, 1.165) is 11.3 Å². The molecule has 5 rings (SSSR count). The van der Waals surface area contributed by atoms with Crippen molar-refractivity contribution in [1.29, 1.82) is 0 Å². The Bertz CT molecular complexity index is 1480. The van der Waals surface area contributed by atoms with Crippen molar-refractivity contribution in [3.63, 3.8) is 0 Å². The second-order valence-corrected chi connectivity index (χ2v) is 9.60. The highest BCUT2D eigenvalue weighted by atomic mass is 35.5. The molecular weight excluding hydrogens is 520 g/mol. The molecule has 1 saturated heterocycles. The highest BCUT2D eigenvalue weighted by Gasteiger charge is 2.21. The number of aryl methyl sites for hydroxylation is 1. The predicted octanol–water partition coefficient (Wildman–Crippen LogP) is 4.49. The van der Waals surface area contributed by atoms with Gasteiger partial charge in [-0.2, -0.15) is 10.1 Å². The van der Waals surface area contributed by atoms with Gasteiger partial charge in [-0.15, -0.1) is 5.10 Å². The van der Waals surface area contributed by atoms with Crippen LogP contribution in [0, 0.1) is 6.92 Å². The number of nitrogens with zero attached hydrogens (tertiary/aromatic N) is 4. The van der Waals surface area contributed by atoms with Crippen LogP contribution in [-0.2, 0) is 11.3 Å². The molecule has 0 aliphatic carbocycles. The average Bonchev–Trinajstić information content (AvgIpc) is 2.94.